The van der Waals surface area contributed by atoms with Gasteiger partial charge in [-0.25, -0.2) is 0 Å². The Morgan fingerprint density at radius 1 is 1.36 bits per heavy atom. The quantitative estimate of drug-likeness (QED) is 0.590. The fraction of sp³-hybridized carbons (Fsp3) is 0.500. The molecule has 1 rings (SSSR count). The van der Waals surface area contributed by atoms with E-state index in [1.807, 2.05) is 12.2 Å². The second-order valence-electron chi connectivity index (χ2n) is 3.41. The van der Waals surface area contributed by atoms with Gasteiger partial charge in [0, 0.05) is 0 Å². The van der Waals surface area contributed by atoms with Gasteiger partial charge < -0.3 is 0 Å². The molecule has 0 heterocycles. The van der Waals surface area contributed by atoms with Gasteiger partial charge in [0.1, 0.15) is 0 Å². The van der Waals surface area contributed by atoms with E-state index in [1.165, 1.54) is 0 Å². The highest BCUT2D eigenvalue weighted by Gasteiger charge is 2.07. The summed E-state index contributed by atoms with van der Waals surface area (Å²) in [5.41, 5.74) is 0. The van der Waals surface area contributed by atoms with Crippen LogP contribution in [0.1, 0.15) is 20.3 Å². The number of rotatable bonds is 2. The van der Waals surface area contributed by atoms with E-state index in [-0.39, 0.29) is 5.78 Å². The molecule has 0 radical (unpaired) electrons. The molecule has 0 aromatic rings. The van der Waals surface area contributed by atoms with Crippen LogP contribution in [0.15, 0.2) is 24.3 Å². The van der Waals surface area contributed by atoms with E-state index < -0.39 is 0 Å². The summed E-state index contributed by atoms with van der Waals surface area (Å²) in [6, 6.07) is 0. The SMILES string of the molecule is CC(C)CC1C=CC(=O)C=C1. The summed E-state index contributed by atoms with van der Waals surface area (Å²) < 4.78 is 0. The van der Waals surface area contributed by atoms with Crippen LogP contribution in [0.2, 0.25) is 0 Å². The smallest absolute Gasteiger partial charge is 0.178 e. The predicted molar refractivity (Wildman–Crippen MR) is 46.2 cm³/mol. The van der Waals surface area contributed by atoms with Crippen LogP contribution in [-0.4, -0.2) is 5.78 Å². The molecule has 0 unspecified atom stereocenters. The Morgan fingerprint density at radius 2 is 1.91 bits per heavy atom. The van der Waals surface area contributed by atoms with Crippen molar-refractivity contribution in [2.75, 3.05) is 0 Å². The van der Waals surface area contributed by atoms with Gasteiger partial charge in [0.05, 0.1) is 0 Å². The van der Waals surface area contributed by atoms with Crippen LogP contribution in [-0.2, 0) is 4.79 Å². The third kappa shape index (κ3) is 2.71. The molecule has 0 saturated heterocycles. The minimum atomic E-state index is 0.116. The van der Waals surface area contributed by atoms with Gasteiger partial charge in [-0.1, -0.05) is 26.0 Å². The molecule has 0 aliphatic heterocycles. The van der Waals surface area contributed by atoms with Crippen molar-refractivity contribution in [3.63, 3.8) is 0 Å². The molecule has 1 aliphatic rings. The summed E-state index contributed by atoms with van der Waals surface area (Å²) in [5.74, 6) is 1.29. The largest absolute Gasteiger partial charge is 0.290 e. The maximum atomic E-state index is 10.7. The molecule has 0 amide bonds. The van der Waals surface area contributed by atoms with E-state index in [1.54, 1.807) is 12.2 Å². The van der Waals surface area contributed by atoms with Gasteiger partial charge in [-0.05, 0) is 30.4 Å². The highest BCUT2D eigenvalue weighted by molar-refractivity contribution is 6.00. The Balaban J connectivity index is 2.45. The summed E-state index contributed by atoms with van der Waals surface area (Å²) in [7, 11) is 0. The molecule has 0 N–H and O–H groups in total. The average Bonchev–Trinajstić information content (AvgIpc) is 1.93. The second kappa shape index (κ2) is 3.51. The van der Waals surface area contributed by atoms with Crippen LogP contribution in [0.25, 0.3) is 0 Å². The van der Waals surface area contributed by atoms with Crippen molar-refractivity contribution in [1.29, 1.82) is 0 Å². The van der Waals surface area contributed by atoms with Crippen LogP contribution >= 0.6 is 0 Å². The van der Waals surface area contributed by atoms with Crippen LogP contribution < -0.4 is 0 Å². The normalized spacial score (nSPS) is 18.3. The third-order valence-corrected chi connectivity index (χ3v) is 1.76. The Hall–Kier alpha value is -0.850. The first-order chi connectivity index (χ1) is 5.18. The molecule has 60 valence electrons. The summed E-state index contributed by atoms with van der Waals surface area (Å²) in [4.78, 5) is 10.7. The second-order valence-corrected chi connectivity index (χ2v) is 3.41. The lowest BCUT2D eigenvalue weighted by molar-refractivity contribution is -0.110. The number of allylic oxidation sites excluding steroid dienone is 4. The van der Waals surface area contributed by atoms with Crippen molar-refractivity contribution < 1.29 is 4.79 Å². The van der Waals surface area contributed by atoms with E-state index >= 15 is 0 Å². The Kier molecular flexibility index (Phi) is 2.64. The summed E-state index contributed by atoms with van der Waals surface area (Å²) in [6.45, 7) is 4.39. The molecule has 0 bridgehead atoms. The summed E-state index contributed by atoms with van der Waals surface area (Å²) >= 11 is 0. The maximum Gasteiger partial charge on any atom is 0.178 e. The van der Waals surface area contributed by atoms with Gasteiger partial charge >= 0.3 is 0 Å². The Morgan fingerprint density at radius 3 is 2.36 bits per heavy atom. The molecule has 0 aromatic heterocycles. The number of ketones is 1. The monoisotopic (exact) mass is 150 g/mol. The fourth-order valence-corrected chi connectivity index (χ4v) is 1.26. The highest BCUT2D eigenvalue weighted by atomic mass is 16.1. The topological polar surface area (TPSA) is 17.1 Å². The van der Waals surface area contributed by atoms with Crippen molar-refractivity contribution in [2.45, 2.75) is 20.3 Å². The van der Waals surface area contributed by atoms with E-state index in [9.17, 15) is 4.79 Å². The minimum Gasteiger partial charge on any atom is -0.290 e. The standard InChI is InChI=1S/C10H14O/c1-8(2)7-9-3-5-10(11)6-4-9/h3-6,8-9H,7H2,1-2H3. The van der Waals surface area contributed by atoms with E-state index in [2.05, 4.69) is 13.8 Å². The molecule has 1 aliphatic carbocycles. The minimum absolute atomic E-state index is 0.116. The fourth-order valence-electron chi connectivity index (χ4n) is 1.26. The van der Waals surface area contributed by atoms with Crippen LogP contribution in [0.3, 0.4) is 0 Å². The zero-order valence-electron chi connectivity index (χ0n) is 7.08. The van der Waals surface area contributed by atoms with Gasteiger partial charge in [0.25, 0.3) is 0 Å². The van der Waals surface area contributed by atoms with Crippen molar-refractivity contribution >= 4 is 5.78 Å². The van der Waals surface area contributed by atoms with Crippen molar-refractivity contribution in [2.24, 2.45) is 11.8 Å². The van der Waals surface area contributed by atoms with Gasteiger partial charge in [-0.2, -0.15) is 0 Å². The lowest BCUT2D eigenvalue weighted by Crippen LogP contribution is -2.03. The Bertz CT molecular complexity index is 183. The van der Waals surface area contributed by atoms with Gasteiger partial charge in [-0.3, -0.25) is 4.79 Å². The van der Waals surface area contributed by atoms with E-state index in [0.29, 0.717) is 11.8 Å². The zero-order chi connectivity index (χ0) is 8.27. The molecule has 1 heteroatoms. The molecule has 0 aromatic carbocycles. The molecule has 1 nitrogen and oxygen atoms in total. The first-order valence-electron chi connectivity index (χ1n) is 4.09. The van der Waals surface area contributed by atoms with E-state index in [0.717, 1.165) is 6.42 Å². The molecule has 0 fully saturated rings. The van der Waals surface area contributed by atoms with Crippen molar-refractivity contribution in [1.82, 2.24) is 0 Å². The van der Waals surface area contributed by atoms with Crippen molar-refractivity contribution in [3.8, 4) is 0 Å². The first kappa shape index (κ1) is 8.25. The van der Waals surface area contributed by atoms with Crippen LogP contribution in [0.4, 0.5) is 0 Å². The number of hydrogen-bond donors (Lipinski definition) is 0. The molecule has 11 heavy (non-hydrogen) atoms. The van der Waals surface area contributed by atoms with Crippen molar-refractivity contribution in [3.05, 3.63) is 24.3 Å². The molecular weight excluding hydrogens is 136 g/mol. The predicted octanol–water partition coefficient (Wildman–Crippen LogP) is 2.34. The zero-order valence-corrected chi connectivity index (χ0v) is 7.08. The number of carbonyl (C=O) groups excluding carboxylic acids is 1. The Labute approximate surface area is 67.8 Å². The molecule has 0 atom stereocenters. The maximum absolute atomic E-state index is 10.7. The lowest BCUT2D eigenvalue weighted by Gasteiger charge is -2.12. The first-order valence-corrected chi connectivity index (χ1v) is 4.09. The van der Waals surface area contributed by atoms with Gasteiger partial charge in [0.15, 0.2) is 5.78 Å². The van der Waals surface area contributed by atoms with Gasteiger partial charge in [0.2, 0.25) is 0 Å². The summed E-state index contributed by atoms with van der Waals surface area (Å²) in [6.07, 6.45) is 8.44. The molecule has 0 spiro atoms. The lowest BCUT2D eigenvalue weighted by atomic mass is 9.93. The molecular formula is C10H14O. The average molecular weight is 150 g/mol. The van der Waals surface area contributed by atoms with Gasteiger partial charge in [-0.15, -0.1) is 0 Å². The van der Waals surface area contributed by atoms with Crippen LogP contribution in [0, 0.1) is 11.8 Å². The van der Waals surface area contributed by atoms with Crippen LogP contribution in [0.5, 0.6) is 0 Å². The number of carbonyl (C=O) groups is 1. The third-order valence-electron chi connectivity index (χ3n) is 1.76. The number of hydrogen-bond acceptors (Lipinski definition) is 1. The highest BCUT2D eigenvalue weighted by Crippen LogP contribution is 2.16. The molecule has 0 saturated carbocycles. The van der Waals surface area contributed by atoms with E-state index in [4.69, 9.17) is 0 Å². The summed E-state index contributed by atoms with van der Waals surface area (Å²) in [5, 5.41) is 0.